The first kappa shape index (κ1) is 16.8. The highest BCUT2D eigenvalue weighted by Crippen LogP contribution is 2.29. The van der Waals surface area contributed by atoms with Crippen molar-refractivity contribution >= 4 is 22.5 Å². The molecule has 3 aromatic rings. The van der Waals surface area contributed by atoms with Gasteiger partial charge in [0.15, 0.2) is 0 Å². The van der Waals surface area contributed by atoms with E-state index in [2.05, 4.69) is 50.1 Å². The largest absolute Gasteiger partial charge is 0.361 e. The molecule has 1 saturated carbocycles. The normalized spacial score (nSPS) is 20.3. The molecular formula is C20H25N5O. The van der Waals surface area contributed by atoms with Crippen molar-refractivity contribution in [2.24, 2.45) is 11.8 Å². The van der Waals surface area contributed by atoms with Crippen LogP contribution >= 0.6 is 0 Å². The molecule has 136 valence electrons. The Hall–Kier alpha value is -2.60. The first-order chi connectivity index (χ1) is 12.8. The molecule has 2 aromatic heterocycles. The SMILES string of the molecule is O=C(Nc1cn[nH]c1)C1CCC(CNCc2cccc3[nH]ccc23)CC1. The highest BCUT2D eigenvalue weighted by atomic mass is 16.1. The molecule has 6 heteroatoms. The molecule has 1 amide bonds. The summed E-state index contributed by atoms with van der Waals surface area (Å²) in [6, 6.07) is 8.52. The van der Waals surface area contributed by atoms with Gasteiger partial charge in [0.1, 0.15) is 0 Å². The topological polar surface area (TPSA) is 85.6 Å². The first-order valence-electron chi connectivity index (χ1n) is 9.35. The zero-order chi connectivity index (χ0) is 17.8. The van der Waals surface area contributed by atoms with E-state index < -0.39 is 0 Å². The molecule has 26 heavy (non-hydrogen) atoms. The summed E-state index contributed by atoms with van der Waals surface area (Å²) in [7, 11) is 0. The maximum absolute atomic E-state index is 12.3. The van der Waals surface area contributed by atoms with Gasteiger partial charge in [0.05, 0.1) is 11.9 Å². The average molecular weight is 351 g/mol. The number of carbonyl (C=O) groups is 1. The van der Waals surface area contributed by atoms with Crippen molar-refractivity contribution in [1.82, 2.24) is 20.5 Å². The van der Waals surface area contributed by atoms with E-state index in [1.54, 1.807) is 12.4 Å². The number of anilines is 1. The number of rotatable bonds is 6. The molecule has 4 rings (SSSR count). The standard InChI is InChI=1S/C20H25N5O/c26-20(25-17-12-23-24-13-17)15-6-4-14(5-7-15)10-21-11-16-2-1-3-19-18(16)8-9-22-19/h1-3,8-9,12-15,21-22H,4-7,10-11H2,(H,23,24)(H,25,26). The summed E-state index contributed by atoms with van der Waals surface area (Å²) < 4.78 is 0. The summed E-state index contributed by atoms with van der Waals surface area (Å²) in [6.07, 6.45) is 9.46. The number of nitrogens with one attached hydrogen (secondary N) is 4. The molecule has 6 nitrogen and oxygen atoms in total. The molecule has 1 fully saturated rings. The van der Waals surface area contributed by atoms with E-state index in [9.17, 15) is 4.79 Å². The van der Waals surface area contributed by atoms with Crippen molar-refractivity contribution in [2.75, 3.05) is 11.9 Å². The van der Waals surface area contributed by atoms with Gasteiger partial charge < -0.3 is 15.6 Å². The van der Waals surface area contributed by atoms with Gasteiger partial charge in [-0.2, -0.15) is 5.10 Å². The Morgan fingerprint density at radius 2 is 2.08 bits per heavy atom. The van der Waals surface area contributed by atoms with Crippen LogP contribution in [0.1, 0.15) is 31.2 Å². The number of fused-ring (bicyclic) bond motifs is 1. The van der Waals surface area contributed by atoms with Gasteiger partial charge in [-0.05, 0) is 55.8 Å². The third kappa shape index (κ3) is 3.80. The Morgan fingerprint density at radius 3 is 2.88 bits per heavy atom. The monoisotopic (exact) mass is 351 g/mol. The minimum Gasteiger partial charge on any atom is -0.361 e. The van der Waals surface area contributed by atoms with Gasteiger partial charge in [-0.3, -0.25) is 9.89 Å². The fourth-order valence-corrected chi connectivity index (χ4v) is 3.91. The summed E-state index contributed by atoms with van der Waals surface area (Å²) in [6.45, 7) is 1.90. The Kier molecular flexibility index (Phi) is 5.02. The summed E-state index contributed by atoms with van der Waals surface area (Å²) in [5.41, 5.74) is 3.27. The minimum atomic E-state index is 0.120. The van der Waals surface area contributed by atoms with Crippen LogP contribution in [0.4, 0.5) is 5.69 Å². The van der Waals surface area contributed by atoms with E-state index in [1.807, 2.05) is 6.20 Å². The molecule has 0 radical (unpaired) electrons. The van der Waals surface area contributed by atoms with Crippen LogP contribution in [0, 0.1) is 11.8 Å². The quantitative estimate of drug-likeness (QED) is 0.549. The molecule has 0 atom stereocenters. The third-order valence-corrected chi connectivity index (χ3v) is 5.42. The fourth-order valence-electron chi connectivity index (χ4n) is 3.91. The van der Waals surface area contributed by atoms with E-state index in [0.29, 0.717) is 5.92 Å². The number of amides is 1. The summed E-state index contributed by atoms with van der Waals surface area (Å²) in [5.74, 6) is 0.894. The molecule has 0 aliphatic heterocycles. The van der Waals surface area contributed by atoms with Crippen LogP contribution in [0.25, 0.3) is 10.9 Å². The molecule has 0 bridgehead atoms. The third-order valence-electron chi connectivity index (χ3n) is 5.42. The van der Waals surface area contributed by atoms with Gasteiger partial charge in [-0.15, -0.1) is 0 Å². The molecule has 0 spiro atoms. The number of benzene rings is 1. The molecule has 0 saturated heterocycles. The lowest BCUT2D eigenvalue weighted by molar-refractivity contribution is -0.121. The van der Waals surface area contributed by atoms with Crippen LogP contribution in [0.3, 0.4) is 0 Å². The lowest BCUT2D eigenvalue weighted by atomic mass is 9.81. The van der Waals surface area contributed by atoms with Crippen LogP contribution < -0.4 is 10.6 Å². The van der Waals surface area contributed by atoms with Gasteiger partial charge in [0.25, 0.3) is 0 Å². The lowest BCUT2D eigenvalue weighted by Crippen LogP contribution is -2.31. The second kappa shape index (κ2) is 7.74. The molecule has 0 unspecified atom stereocenters. The number of H-pyrrole nitrogens is 2. The zero-order valence-corrected chi connectivity index (χ0v) is 14.8. The Balaban J connectivity index is 1.22. The van der Waals surface area contributed by atoms with E-state index in [0.717, 1.165) is 44.5 Å². The van der Waals surface area contributed by atoms with E-state index >= 15 is 0 Å². The summed E-state index contributed by atoms with van der Waals surface area (Å²) in [5, 5.41) is 14.4. The van der Waals surface area contributed by atoms with E-state index in [-0.39, 0.29) is 11.8 Å². The summed E-state index contributed by atoms with van der Waals surface area (Å²) in [4.78, 5) is 15.6. The van der Waals surface area contributed by atoms with Crippen LogP contribution in [-0.4, -0.2) is 27.6 Å². The van der Waals surface area contributed by atoms with E-state index in [1.165, 1.54) is 16.5 Å². The molecule has 4 N–H and O–H groups in total. The average Bonchev–Trinajstić information content (AvgIpc) is 3.34. The zero-order valence-electron chi connectivity index (χ0n) is 14.8. The van der Waals surface area contributed by atoms with Crippen molar-refractivity contribution in [3.8, 4) is 0 Å². The number of hydrogen-bond acceptors (Lipinski definition) is 3. The van der Waals surface area contributed by atoms with Crippen molar-refractivity contribution in [2.45, 2.75) is 32.2 Å². The van der Waals surface area contributed by atoms with Crippen molar-refractivity contribution in [1.29, 1.82) is 0 Å². The smallest absolute Gasteiger partial charge is 0.227 e. The second-order valence-corrected chi connectivity index (χ2v) is 7.18. The first-order valence-corrected chi connectivity index (χ1v) is 9.35. The maximum Gasteiger partial charge on any atom is 0.227 e. The van der Waals surface area contributed by atoms with Crippen LogP contribution in [0.15, 0.2) is 42.9 Å². The predicted octanol–water partition coefficient (Wildman–Crippen LogP) is 3.43. The molecule has 1 aliphatic rings. The number of carbonyl (C=O) groups excluding carboxylic acids is 1. The van der Waals surface area contributed by atoms with Crippen molar-refractivity contribution in [3.63, 3.8) is 0 Å². The Labute approximate surface area is 152 Å². The molecular weight excluding hydrogens is 326 g/mol. The van der Waals surface area contributed by atoms with Gasteiger partial charge in [0, 0.05) is 35.8 Å². The number of hydrogen-bond donors (Lipinski definition) is 4. The lowest BCUT2D eigenvalue weighted by Gasteiger charge is -2.27. The number of aromatic amines is 2. The highest BCUT2D eigenvalue weighted by Gasteiger charge is 2.26. The Morgan fingerprint density at radius 1 is 1.19 bits per heavy atom. The van der Waals surface area contributed by atoms with Gasteiger partial charge >= 0.3 is 0 Å². The highest BCUT2D eigenvalue weighted by molar-refractivity contribution is 5.92. The molecule has 1 aromatic carbocycles. The predicted molar refractivity (Wildman–Crippen MR) is 103 cm³/mol. The Bertz CT molecular complexity index is 846. The van der Waals surface area contributed by atoms with Crippen LogP contribution in [-0.2, 0) is 11.3 Å². The number of nitrogens with zero attached hydrogens (tertiary/aromatic N) is 1. The van der Waals surface area contributed by atoms with Crippen molar-refractivity contribution < 1.29 is 4.79 Å². The molecule has 1 aliphatic carbocycles. The van der Waals surface area contributed by atoms with E-state index in [4.69, 9.17) is 0 Å². The molecule has 2 heterocycles. The maximum atomic E-state index is 12.3. The van der Waals surface area contributed by atoms with Crippen molar-refractivity contribution in [3.05, 3.63) is 48.4 Å². The fraction of sp³-hybridized carbons (Fsp3) is 0.400. The minimum absolute atomic E-state index is 0.120. The van der Waals surface area contributed by atoms with Gasteiger partial charge in [0.2, 0.25) is 5.91 Å². The van der Waals surface area contributed by atoms with Gasteiger partial charge in [-0.1, -0.05) is 12.1 Å². The van der Waals surface area contributed by atoms with Gasteiger partial charge in [-0.25, -0.2) is 0 Å². The number of aromatic nitrogens is 3. The second-order valence-electron chi connectivity index (χ2n) is 7.18. The van der Waals surface area contributed by atoms with Crippen LogP contribution in [0.2, 0.25) is 0 Å². The summed E-state index contributed by atoms with van der Waals surface area (Å²) >= 11 is 0. The van der Waals surface area contributed by atoms with Crippen LogP contribution in [0.5, 0.6) is 0 Å².